The van der Waals surface area contributed by atoms with Gasteiger partial charge in [-0.05, 0) is 30.7 Å². The summed E-state index contributed by atoms with van der Waals surface area (Å²) in [5, 5.41) is 3.45. The zero-order valence-corrected chi connectivity index (χ0v) is 13.1. The van der Waals surface area contributed by atoms with Gasteiger partial charge in [-0.3, -0.25) is 10.1 Å². The van der Waals surface area contributed by atoms with Gasteiger partial charge in [0, 0.05) is 6.54 Å². The topological polar surface area (TPSA) is 32.3 Å². The van der Waals surface area contributed by atoms with E-state index in [1.807, 2.05) is 30.3 Å². The molecule has 1 saturated carbocycles. The maximum atomic E-state index is 12.8. The van der Waals surface area contributed by atoms with Gasteiger partial charge in [-0.1, -0.05) is 56.5 Å². The van der Waals surface area contributed by atoms with Crippen molar-refractivity contribution in [3.8, 4) is 0 Å². The predicted octanol–water partition coefficient (Wildman–Crippen LogP) is 3.48. The molecule has 21 heavy (non-hydrogen) atoms. The van der Waals surface area contributed by atoms with E-state index in [1.165, 1.54) is 32.1 Å². The standard InChI is InChI=1S/C18H26N2O/c1-14-19-16(15-9-5-3-6-10-15)17(21)20(14)13-18(2)11-7-4-8-12-18/h3,5-6,9-10,14,16,19H,4,7-8,11-13H2,1-2H3. The maximum Gasteiger partial charge on any atom is 0.245 e. The lowest BCUT2D eigenvalue weighted by Crippen LogP contribution is -2.43. The Labute approximate surface area is 127 Å². The molecule has 1 aliphatic heterocycles. The fourth-order valence-corrected chi connectivity index (χ4v) is 3.83. The van der Waals surface area contributed by atoms with Crippen molar-refractivity contribution in [2.75, 3.05) is 6.54 Å². The molecule has 0 bridgehead atoms. The monoisotopic (exact) mass is 286 g/mol. The molecule has 0 spiro atoms. The Morgan fingerprint density at radius 2 is 1.86 bits per heavy atom. The second-order valence-corrected chi connectivity index (χ2v) is 7.02. The SMILES string of the molecule is CC1NC(c2ccccc2)C(=O)N1CC1(C)CCCCC1. The highest BCUT2D eigenvalue weighted by atomic mass is 16.2. The minimum Gasteiger partial charge on any atom is -0.325 e. The van der Waals surface area contributed by atoms with Gasteiger partial charge in [0.05, 0.1) is 6.17 Å². The van der Waals surface area contributed by atoms with Gasteiger partial charge in [-0.25, -0.2) is 0 Å². The van der Waals surface area contributed by atoms with E-state index in [4.69, 9.17) is 0 Å². The van der Waals surface area contributed by atoms with Crippen LogP contribution in [0.15, 0.2) is 30.3 Å². The van der Waals surface area contributed by atoms with Crippen molar-refractivity contribution < 1.29 is 4.79 Å². The molecule has 2 atom stereocenters. The number of amides is 1. The fraction of sp³-hybridized carbons (Fsp3) is 0.611. The Balaban J connectivity index is 1.73. The minimum atomic E-state index is -0.173. The normalized spacial score (nSPS) is 28.9. The zero-order valence-electron chi connectivity index (χ0n) is 13.1. The molecular formula is C18H26N2O. The number of benzene rings is 1. The highest BCUT2D eigenvalue weighted by molar-refractivity contribution is 5.85. The van der Waals surface area contributed by atoms with Crippen LogP contribution in [0.5, 0.6) is 0 Å². The van der Waals surface area contributed by atoms with Crippen LogP contribution in [0.2, 0.25) is 0 Å². The van der Waals surface area contributed by atoms with E-state index < -0.39 is 0 Å². The first-order valence-corrected chi connectivity index (χ1v) is 8.21. The quantitative estimate of drug-likeness (QED) is 0.922. The number of rotatable bonds is 3. The maximum absolute atomic E-state index is 12.8. The van der Waals surface area contributed by atoms with Gasteiger partial charge < -0.3 is 4.90 Å². The molecule has 1 aromatic rings. The first-order valence-electron chi connectivity index (χ1n) is 8.21. The number of carbonyl (C=O) groups excluding carboxylic acids is 1. The Morgan fingerprint density at radius 3 is 2.52 bits per heavy atom. The van der Waals surface area contributed by atoms with E-state index in [9.17, 15) is 4.79 Å². The molecule has 1 amide bonds. The lowest BCUT2D eigenvalue weighted by molar-refractivity contribution is -0.131. The highest BCUT2D eigenvalue weighted by Gasteiger charge is 2.41. The van der Waals surface area contributed by atoms with E-state index in [0.717, 1.165) is 12.1 Å². The molecule has 1 saturated heterocycles. The van der Waals surface area contributed by atoms with Crippen molar-refractivity contribution in [2.24, 2.45) is 5.41 Å². The van der Waals surface area contributed by atoms with Crippen LogP contribution in [0.1, 0.15) is 57.6 Å². The van der Waals surface area contributed by atoms with E-state index in [-0.39, 0.29) is 18.1 Å². The number of nitrogens with zero attached hydrogens (tertiary/aromatic N) is 1. The second kappa shape index (κ2) is 5.80. The van der Waals surface area contributed by atoms with E-state index in [1.54, 1.807) is 0 Å². The van der Waals surface area contributed by atoms with Crippen LogP contribution in [0.3, 0.4) is 0 Å². The summed E-state index contributed by atoms with van der Waals surface area (Å²) in [4.78, 5) is 14.9. The summed E-state index contributed by atoms with van der Waals surface area (Å²) < 4.78 is 0. The fourth-order valence-electron chi connectivity index (χ4n) is 3.83. The van der Waals surface area contributed by atoms with E-state index in [2.05, 4.69) is 24.1 Å². The predicted molar refractivity (Wildman–Crippen MR) is 84.7 cm³/mol. The van der Waals surface area contributed by atoms with Crippen LogP contribution in [0.4, 0.5) is 0 Å². The number of hydrogen-bond donors (Lipinski definition) is 1. The third-order valence-corrected chi connectivity index (χ3v) is 5.15. The Hall–Kier alpha value is -1.35. The Kier molecular flexibility index (Phi) is 4.03. The molecule has 1 aromatic carbocycles. The van der Waals surface area contributed by atoms with E-state index >= 15 is 0 Å². The third kappa shape index (κ3) is 2.98. The van der Waals surface area contributed by atoms with Crippen molar-refractivity contribution >= 4 is 5.91 Å². The van der Waals surface area contributed by atoms with Crippen LogP contribution in [-0.4, -0.2) is 23.5 Å². The molecule has 3 nitrogen and oxygen atoms in total. The summed E-state index contributed by atoms with van der Waals surface area (Å²) in [5.74, 6) is 0.237. The number of hydrogen-bond acceptors (Lipinski definition) is 2. The molecule has 3 heteroatoms. The van der Waals surface area contributed by atoms with Crippen LogP contribution in [-0.2, 0) is 4.79 Å². The van der Waals surface area contributed by atoms with Gasteiger partial charge in [0.2, 0.25) is 5.91 Å². The van der Waals surface area contributed by atoms with Gasteiger partial charge in [-0.15, -0.1) is 0 Å². The Morgan fingerprint density at radius 1 is 1.19 bits per heavy atom. The number of nitrogens with one attached hydrogen (secondary N) is 1. The summed E-state index contributed by atoms with van der Waals surface area (Å²) >= 11 is 0. The number of carbonyl (C=O) groups is 1. The minimum absolute atomic E-state index is 0.126. The summed E-state index contributed by atoms with van der Waals surface area (Å²) in [6, 6.07) is 9.89. The molecule has 114 valence electrons. The van der Waals surface area contributed by atoms with Crippen LogP contribution >= 0.6 is 0 Å². The molecule has 0 aromatic heterocycles. The molecule has 2 aliphatic rings. The lowest BCUT2D eigenvalue weighted by atomic mass is 9.75. The average Bonchev–Trinajstić information content (AvgIpc) is 2.77. The van der Waals surface area contributed by atoms with Crippen molar-refractivity contribution in [3.05, 3.63) is 35.9 Å². The van der Waals surface area contributed by atoms with Gasteiger partial charge in [0.1, 0.15) is 6.04 Å². The third-order valence-electron chi connectivity index (χ3n) is 5.15. The van der Waals surface area contributed by atoms with Gasteiger partial charge in [-0.2, -0.15) is 0 Å². The molecule has 2 unspecified atom stereocenters. The van der Waals surface area contributed by atoms with Crippen molar-refractivity contribution in [1.29, 1.82) is 0 Å². The van der Waals surface area contributed by atoms with E-state index in [0.29, 0.717) is 5.41 Å². The largest absolute Gasteiger partial charge is 0.325 e. The molecule has 2 fully saturated rings. The zero-order chi connectivity index (χ0) is 14.9. The van der Waals surface area contributed by atoms with Gasteiger partial charge in [0.15, 0.2) is 0 Å². The average molecular weight is 286 g/mol. The van der Waals surface area contributed by atoms with Crippen LogP contribution < -0.4 is 5.32 Å². The van der Waals surface area contributed by atoms with Gasteiger partial charge in [0.25, 0.3) is 0 Å². The summed E-state index contributed by atoms with van der Waals surface area (Å²) in [6.07, 6.45) is 6.59. The Bertz CT molecular complexity index is 493. The smallest absolute Gasteiger partial charge is 0.245 e. The molecule has 1 N–H and O–H groups in total. The van der Waals surface area contributed by atoms with Gasteiger partial charge >= 0.3 is 0 Å². The molecular weight excluding hydrogens is 260 g/mol. The van der Waals surface area contributed by atoms with Crippen molar-refractivity contribution in [1.82, 2.24) is 10.2 Å². The molecule has 1 heterocycles. The van der Waals surface area contributed by atoms with Crippen LogP contribution in [0.25, 0.3) is 0 Å². The van der Waals surface area contributed by atoms with Crippen LogP contribution in [0, 0.1) is 5.41 Å². The lowest BCUT2D eigenvalue weighted by Gasteiger charge is -2.38. The van der Waals surface area contributed by atoms with Crippen molar-refractivity contribution in [3.63, 3.8) is 0 Å². The second-order valence-electron chi connectivity index (χ2n) is 7.02. The first-order chi connectivity index (χ1) is 10.1. The summed E-state index contributed by atoms with van der Waals surface area (Å²) in [6.45, 7) is 5.35. The molecule has 3 rings (SSSR count). The summed E-state index contributed by atoms with van der Waals surface area (Å²) in [7, 11) is 0. The van der Waals surface area contributed by atoms with Crippen molar-refractivity contribution in [2.45, 2.75) is 58.2 Å². The molecule has 0 radical (unpaired) electrons. The highest BCUT2D eigenvalue weighted by Crippen LogP contribution is 2.38. The summed E-state index contributed by atoms with van der Waals surface area (Å²) in [5.41, 5.74) is 1.38. The molecule has 1 aliphatic carbocycles. The first kappa shape index (κ1) is 14.6.